The van der Waals surface area contributed by atoms with E-state index in [9.17, 15) is 19.2 Å². The van der Waals surface area contributed by atoms with Crippen LogP contribution in [0.5, 0.6) is 0 Å². The van der Waals surface area contributed by atoms with Crippen LogP contribution in [0.2, 0.25) is 5.02 Å². The Morgan fingerprint density at radius 1 is 1.30 bits per heavy atom. The molecule has 4 amide bonds. The zero-order valence-electron chi connectivity index (χ0n) is 20.5. The number of carbonyl (C=O) groups is 4. The van der Waals surface area contributed by atoms with Crippen LogP contribution in [0.25, 0.3) is 0 Å². The zero-order chi connectivity index (χ0) is 26.5. The van der Waals surface area contributed by atoms with Crippen molar-refractivity contribution < 1.29 is 23.9 Å². The molecule has 198 valence electrons. The van der Waals surface area contributed by atoms with Crippen LogP contribution in [0.15, 0.2) is 18.3 Å². The number of nitrogens with one attached hydrogen (secondary N) is 2. The largest absolute Gasteiger partial charge is 0.450 e. The number of piperidine rings is 1. The van der Waals surface area contributed by atoms with Gasteiger partial charge in [-0.1, -0.05) is 22.9 Å². The second-order valence-electron chi connectivity index (χ2n) is 8.76. The Balaban J connectivity index is 1.53. The van der Waals surface area contributed by atoms with Gasteiger partial charge in [0.2, 0.25) is 6.41 Å². The number of amides is 4. The van der Waals surface area contributed by atoms with Crippen molar-refractivity contribution in [1.29, 1.82) is 0 Å². The third-order valence-electron chi connectivity index (χ3n) is 6.20. The number of fused-ring (bicyclic) bond motifs is 1. The van der Waals surface area contributed by atoms with E-state index < -0.39 is 30.0 Å². The Labute approximate surface area is 222 Å². The maximum atomic E-state index is 12.8. The van der Waals surface area contributed by atoms with Gasteiger partial charge in [-0.05, 0) is 32.5 Å². The zero-order valence-corrected chi connectivity index (χ0v) is 22.0. The van der Waals surface area contributed by atoms with Crippen molar-refractivity contribution in [3.8, 4) is 0 Å². The molecule has 4 heterocycles. The highest BCUT2D eigenvalue weighted by molar-refractivity contribution is 7.15. The second-order valence-corrected chi connectivity index (χ2v) is 10.3. The Kier molecular flexibility index (Phi) is 8.56. The fourth-order valence-corrected chi connectivity index (χ4v) is 5.63. The highest BCUT2D eigenvalue weighted by Gasteiger charge is 2.39. The molecule has 4 rings (SSSR count). The number of hydrogen-bond donors (Lipinski definition) is 2. The summed E-state index contributed by atoms with van der Waals surface area (Å²) in [4.78, 5) is 65.0. The number of aromatic nitrogens is 2. The number of hydrogen-bond acceptors (Lipinski definition) is 9. The summed E-state index contributed by atoms with van der Waals surface area (Å²) in [6.07, 6.45) is 2.58. The summed E-state index contributed by atoms with van der Waals surface area (Å²) in [5.74, 6) is -1.62. The monoisotopic (exact) mass is 549 g/mol. The van der Waals surface area contributed by atoms with Gasteiger partial charge < -0.3 is 25.2 Å². The second kappa shape index (κ2) is 11.8. The lowest BCUT2D eigenvalue weighted by molar-refractivity contribution is -0.136. The molecule has 2 aliphatic heterocycles. The van der Waals surface area contributed by atoms with Gasteiger partial charge in [0, 0.05) is 43.7 Å². The highest BCUT2D eigenvalue weighted by atomic mass is 35.5. The molecular formula is C23H28ClN7O5S. The number of anilines is 2. The molecular weight excluding hydrogens is 522 g/mol. The van der Waals surface area contributed by atoms with Crippen LogP contribution in [0.3, 0.4) is 0 Å². The molecule has 12 nitrogen and oxygen atoms in total. The summed E-state index contributed by atoms with van der Waals surface area (Å²) in [6, 6.07) is 1.74. The van der Waals surface area contributed by atoms with Crippen molar-refractivity contribution in [1.82, 2.24) is 25.1 Å². The minimum absolute atomic E-state index is 0.104. The fourth-order valence-electron chi connectivity index (χ4n) is 4.30. The first-order valence-corrected chi connectivity index (χ1v) is 13.0. The van der Waals surface area contributed by atoms with Crippen LogP contribution in [-0.2, 0) is 32.1 Å². The SMILES string of the molecule is CCOC(=O)N1CC[C@H](NC(=O)C(=O)Nc2ccc(Cl)cn2)[C@H](N(C=O)c2nc3c(s2)CN(C)CC3)C1. The quantitative estimate of drug-likeness (QED) is 0.408. The summed E-state index contributed by atoms with van der Waals surface area (Å²) >= 11 is 7.22. The lowest BCUT2D eigenvalue weighted by Gasteiger charge is -2.41. The van der Waals surface area contributed by atoms with E-state index in [1.54, 1.807) is 6.92 Å². The van der Waals surface area contributed by atoms with Gasteiger partial charge in [-0.15, -0.1) is 0 Å². The van der Waals surface area contributed by atoms with Crippen molar-refractivity contribution in [2.24, 2.45) is 0 Å². The third-order valence-corrected chi connectivity index (χ3v) is 7.52. The average Bonchev–Trinajstić information content (AvgIpc) is 3.29. The molecule has 2 atom stereocenters. The molecule has 2 aromatic heterocycles. The van der Waals surface area contributed by atoms with Gasteiger partial charge in [0.25, 0.3) is 0 Å². The fraction of sp³-hybridized carbons (Fsp3) is 0.478. The molecule has 14 heteroatoms. The Morgan fingerprint density at radius 3 is 2.81 bits per heavy atom. The molecule has 37 heavy (non-hydrogen) atoms. The first kappa shape index (κ1) is 26.8. The molecule has 0 aliphatic carbocycles. The van der Waals surface area contributed by atoms with Crippen molar-refractivity contribution in [2.75, 3.05) is 43.5 Å². The number of pyridine rings is 1. The van der Waals surface area contributed by atoms with Crippen LogP contribution in [0, 0.1) is 0 Å². The van der Waals surface area contributed by atoms with E-state index in [1.807, 2.05) is 7.05 Å². The van der Waals surface area contributed by atoms with Gasteiger partial charge in [-0.25, -0.2) is 14.8 Å². The predicted molar refractivity (Wildman–Crippen MR) is 138 cm³/mol. The number of nitrogens with zero attached hydrogens (tertiary/aromatic N) is 5. The van der Waals surface area contributed by atoms with E-state index >= 15 is 0 Å². The molecule has 1 fully saturated rings. The Morgan fingerprint density at radius 2 is 2.11 bits per heavy atom. The molecule has 1 saturated heterocycles. The standard InChI is InChI=1S/C23H28ClN7O5S/c1-3-36-23(35)30-9-7-15(26-20(33)21(34)28-19-5-4-14(24)10-25-19)17(11-30)31(13-32)22-27-16-6-8-29(2)12-18(16)37-22/h4-5,10,13,15,17H,3,6-9,11-12H2,1-2H3,(H,26,33)(H,25,28,34)/t15-,17+/m0/s1. The molecule has 0 bridgehead atoms. The van der Waals surface area contributed by atoms with Gasteiger partial charge in [0.15, 0.2) is 5.13 Å². The summed E-state index contributed by atoms with van der Waals surface area (Å²) in [5.41, 5.74) is 0.943. The molecule has 2 aliphatic rings. The Hall–Kier alpha value is -3.29. The van der Waals surface area contributed by atoms with E-state index in [0.717, 1.165) is 30.1 Å². The van der Waals surface area contributed by atoms with Gasteiger partial charge in [0.1, 0.15) is 5.82 Å². The summed E-state index contributed by atoms with van der Waals surface area (Å²) < 4.78 is 5.15. The summed E-state index contributed by atoms with van der Waals surface area (Å²) in [7, 11) is 2.02. The first-order chi connectivity index (χ1) is 17.8. The van der Waals surface area contributed by atoms with Crippen molar-refractivity contribution >= 4 is 58.2 Å². The van der Waals surface area contributed by atoms with Crippen LogP contribution in [0.4, 0.5) is 15.7 Å². The normalized spacial score (nSPS) is 19.5. The minimum atomic E-state index is -0.910. The van der Waals surface area contributed by atoms with Crippen LogP contribution in [-0.4, -0.2) is 89.5 Å². The maximum absolute atomic E-state index is 12.8. The predicted octanol–water partition coefficient (Wildman–Crippen LogP) is 1.50. The van der Waals surface area contributed by atoms with E-state index in [-0.39, 0.29) is 25.5 Å². The number of ether oxygens (including phenoxy) is 1. The summed E-state index contributed by atoms with van der Waals surface area (Å²) in [6.45, 7) is 3.92. The molecule has 2 aromatic rings. The Bertz CT molecular complexity index is 1160. The van der Waals surface area contributed by atoms with Gasteiger partial charge in [0.05, 0.1) is 29.4 Å². The first-order valence-electron chi connectivity index (χ1n) is 11.8. The molecule has 0 radical (unpaired) electrons. The van der Waals surface area contributed by atoms with Gasteiger partial charge in [-0.3, -0.25) is 19.3 Å². The molecule has 0 unspecified atom stereocenters. The molecule has 0 aromatic carbocycles. The molecule has 0 spiro atoms. The van der Waals surface area contributed by atoms with Gasteiger partial charge >= 0.3 is 17.9 Å². The smallest absolute Gasteiger partial charge is 0.409 e. The van der Waals surface area contributed by atoms with E-state index in [2.05, 4.69) is 20.5 Å². The lowest BCUT2D eigenvalue weighted by atomic mass is 9.98. The number of carbonyl (C=O) groups excluding carboxylic acids is 4. The average molecular weight is 550 g/mol. The van der Waals surface area contributed by atoms with Crippen molar-refractivity contribution in [2.45, 2.75) is 38.4 Å². The van der Waals surface area contributed by atoms with E-state index in [0.29, 0.717) is 23.0 Å². The third kappa shape index (κ3) is 6.35. The molecule has 0 saturated carbocycles. The minimum Gasteiger partial charge on any atom is -0.450 e. The molecule has 2 N–H and O–H groups in total. The van der Waals surface area contributed by atoms with Crippen LogP contribution >= 0.6 is 22.9 Å². The number of likely N-dealkylation sites (N-methyl/N-ethyl adjacent to an activating group) is 1. The van der Waals surface area contributed by atoms with Crippen molar-refractivity contribution in [3.05, 3.63) is 33.9 Å². The van der Waals surface area contributed by atoms with Crippen molar-refractivity contribution in [3.63, 3.8) is 0 Å². The number of thiazole rings is 1. The number of halogens is 1. The van der Waals surface area contributed by atoms with Crippen LogP contribution < -0.4 is 15.5 Å². The highest BCUT2D eigenvalue weighted by Crippen LogP contribution is 2.32. The van der Waals surface area contributed by atoms with E-state index in [1.165, 1.54) is 39.5 Å². The number of likely N-dealkylation sites (tertiary alicyclic amines) is 1. The topological polar surface area (TPSA) is 137 Å². The van der Waals surface area contributed by atoms with Gasteiger partial charge in [-0.2, -0.15) is 0 Å². The lowest BCUT2D eigenvalue weighted by Crippen LogP contribution is -2.62. The maximum Gasteiger partial charge on any atom is 0.409 e. The van der Waals surface area contributed by atoms with E-state index in [4.69, 9.17) is 21.3 Å². The number of rotatable bonds is 6. The summed E-state index contributed by atoms with van der Waals surface area (Å²) in [5, 5.41) is 6.03. The van der Waals surface area contributed by atoms with Crippen LogP contribution in [0.1, 0.15) is 23.9 Å².